The molecule has 0 aliphatic rings. The summed E-state index contributed by atoms with van der Waals surface area (Å²) >= 11 is 0. The largest absolute Gasteiger partial charge is 0.389 e. The molecule has 1 aromatic rings. The maximum absolute atomic E-state index is 13.7. The summed E-state index contributed by atoms with van der Waals surface area (Å²) < 4.78 is 32.3. The highest BCUT2D eigenvalue weighted by molar-refractivity contribution is 5.48. The molecule has 0 aliphatic carbocycles. The van der Waals surface area contributed by atoms with Gasteiger partial charge in [0, 0.05) is 13.2 Å². The number of aliphatic hydroxyl groups excluding tert-OH is 1. The predicted octanol–water partition coefficient (Wildman–Crippen LogP) is 2.72. The molecular weight excluding hydrogens is 252 g/mol. The van der Waals surface area contributed by atoms with Crippen molar-refractivity contribution in [2.75, 3.05) is 25.1 Å². The van der Waals surface area contributed by atoms with Crippen LogP contribution in [0.2, 0.25) is 0 Å². The molecule has 0 saturated carbocycles. The van der Waals surface area contributed by atoms with Crippen LogP contribution in [0, 0.1) is 24.5 Å². The molecule has 1 rings (SSSR count). The number of aliphatic hydroxyl groups is 1. The molecule has 2 N–H and O–H groups in total. The van der Waals surface area contributed by atoms with Crippen molar-refractivity contribution in [1.29, 1.82) is 0 Å². The quantitative estimate of drug-likeness (QED) is 0.802. The lowest BCUT2D eigenvalue weighted by Crippen LogP contribution is -2.26. The Morgan fingerprint density at radius 3 is 2.58 bits per heavy atom. The molecule has 0 saturated heterocycles. The van der Waals surface area contributed by atoms with Gasteiger partial charge in [0.25, 0.3) is 0 Å². The van der Waals surface area contributed by atoms with Crippen molar-refractivity contribution in [3.05, 3.63) is 29.3 Å². The third-order valence-corrected chi connectivity index (χ3v) is 2.56. The monoisotopic (exact) mass is 273 g/mol. The van der Waals surface area contributed by atoms with Gasteiger partial charge in [-0.2, -0.15) is 0 Å². The standard InChI is InChI=1S/C14H21F2NO2/c1-9(2)7-19-8-11(18)6-17-14-12(15)5-4-10(3)13(14)16/h4-5,9,11,17-18H,6-8H2,1-3H3. The van der Waals surface area contributed by atoms with Gasteiger partial charge in [0.05, 0.1) is 12.7 Å². The smallest absolute Gasteiger partial charge is 0.152 e. The maximum Gasteiger partial charge on any atom is 0.152 e. The molecular formula is C14H21F2NO2. The Morgan fingerprint density at radius 2 is 1.95 bits per heavy atom. The highest BCUT2D eigenvalue weighted by Gasteiger charge is 2.13. The van der Waals surface area contributed by atoms with Gasteiger partial charge in [-0.1, -0.05) is 19.9 Å². The summed E-state index contributed by atoms with van der Waals surface area (Å²) in [6, 6.07) is 2.57. The number of nitrogens with one attached hydrogen (secondary N) is 1. The van der Waals surface area contributed by atoms with E-state index in [1.807, 2.05) is 13.8 Å². The van der Waals surface area contributed by atoms with Gasteiger partial charge in [0.15, 0.2) is 5.82 Å². The van der Waals surface area contributed by atoms with E-state index in [0.29, 0.717) is 18.1 Å². The first-order valence-corrected chi connectivity index (χ1v) is 6.36. The maximum atomic E-state index is 13.7. The van der Waals surface area contributed by atoms with E-state index in [0.717, 1.165) is 0 Å². The van der Waals surface area contributed by atoms with Crippen LogP contribution < -0.4 is 5.32 Å². The summed E-state index contributed by atoms with van der Waals surface area (Å²) in [6.07, 6.45) is -0.807. The van der Waals surface area contributed by atoms with E-state index in [1.165, 1.54) is 12.1 Å². The van der Waals surface area contributed by atoms with Crippen LogP contribution in [0.4, 0.5) is 14.5 Å². The number of rotatable bonds is 7. The van der Waals surface area contributed by atoms with E-state index in [9.17, 15) is 13.9 Å². The van der Waals surface area contributed by atoms with Crippen LogP contribution in [0.3, 0.4) is 0 Å². The number of aryl methyl sites for hydroxylation is 1. The zero-order valence-corrected chi connectivity index (χ0v) is 11.5. The number of anilines is 1. The van der Waals surface area contributed by atoms with Crippen molar-refractivity contribution in [3.63, 3.8) is 0 Å². The molecule has 3 nitrogen and oxygen atoms in total. The zero-order valence-electron chi connectivity index (χ0n) is 11.5. The molecule has 0 amide bonds. The molecule has 1 aromatic carbocycles. The second kappa shape index (κ2) is 7.40. The van der Waals surface area contributed by atoms with Gasteiger partial charge in [0.1, 0.15) is 11.5 Å². The zero-order chi connectivity index (χ0) is 14.4. The summed E-state index contributed by atoms with van der Waals surface area (Å²) in [5.74, 6) is -0.916. The Morgan fingerprint density at radius 1 is 1.26 bits per heavy atom. The summed E-state index contributed by atoms with van der Waals surface area (Å²) in [7, 11) is 0. The SMILES string of the molecule is Cc1ccc(F)c(NCC(O)COCC(C)C)c1F. The summed E-state index contributed by atoms with van der Waals surface area (Å²) in [5, 5.41) is 12.2. The van der Waals surface area contributed by atoms with Crippen LogP contribution in [0.25, 0.3) is 0 Å². The Hall–Kier alpha value is -1.20. The molecule has 0 fully saturated rings. The predicted molar refractivity (Wildman–Crippen MR) is 71.2 cm³/mol. The molecule has 0 radical (unpaired) electrons. The lowest BCUT2D eigenvalue weighted by atomic mass is 10.2. The third-order valence-electron chi connectivity index (χ3n) is 2.56. The summed E-state index contributed by atoms with van der Waals surface area (Å²) in [6.45, 7) is 6.28. The van der Waals surface area contributed by atoms with Crippen LogP contribution in [-0.4, -0.2) is 31.0 Å². The fraction of sp³-hybridized carbons (Fsp3) is 0.571. The van der Waals surface area contributed by atoms with Gasteiger partial charge < -0.3 is 15.2 Å². The molecule has 1 unspecified atom stereocenters. The average Bonchev–Trinajstić information content (AvgIpc) is 2.33. The van der Waals surface area contributed by atoms with Crippen LogP contribution in [0.15, 0.2) is 12.1 Å². The minimum atomic E-state index is -0.807. The fourth-order valence-electron chi connectivity index (χ4n) is 1.54. The van der Waals surface area contributed by atoms with Crippen LogP contribution >= 0.6 is 0 Å². The van der Waals surface area contributed by atoms with Crippen molar-refractivity contribution in [2.45, 2.75) is 26.9 Å². The second-order valence-corrected chi connectivity index (χ2v) is 5.02. The first kappa shape index (κ1) is 15.9. The Bertz CT molecular complexity index is 411. The first-order valence-electron chi connectivity index (χ1n) is 6.36. The topological polar surface area (TPSA) is 41.5 Å². The number of hydrogen-bond acceptors (Lipinski definition) is 3. The van der Waals surface area contributed by atoms with Crippen LogP contribution in [0.1, 0.15) is 19.4 Å². The number of benzene rings is 1. The lowest BCUT2D eigenvalue weighted by Gasteiger charge is -2.15. The van der Waals surface area contributed by atoms with Crippen molar-refractivity contribution in [3.8, 4) is 0 Å². The highest BCUT2D eigenvalue weighted by atomic mass is 19.1. The molecule has 0 bridgehead atoms. The Kier molecular flexibility index (Phi) is 6.18. The van der Waals surface area contributed by atoms with E-state index in [-0.39, 0.29) is 18.8 Å². The molecule has 1 atom stereocenters. The minimum absolute atomic E-state index is 0.0371. The van der Waals surface area contributed by atoms with Gasteiger partial charge in [0.2, 0.25) is 0 Å². The molecule has 19 heavy (non-hydrogen) atoms. The van der Waals surface area contributed by atoms with E-state index in [2.05, 4.69) is 5.32 Å². The molecule has 0 spiro atoms. The van der Waals surface area contributed by atoms with Crippen molar-refractivity contribution >= 4 is 5.69 Å². The fourth-order valence-corrected chi connectivity index (χ4v) is 1.54. The van der Waals surface area contributed by atoms with E-state index < -0.39 is 17.7 Å². The molecule has 108 valence electrons. The summed E-state index contributed by atoms with van der Waals surface area (Å²) in [4.78, 5) is 0. The molecule has 0 aliphatic heterocycles. The van der Waals surface area contributed by atoms with Crippen molar-refractivity contribution in [2.24, 2.45) is 5.92 Å². The van der Waals surface area contributed by atoms with Gasteiger partial charge in [-0.05, 0) is 24.5 Å². The normalized spacial score (nSPS) is 12.8. The molecule has 0 aromatic heterocycles. The lowest BCUT2D eigenvalue weighted by molar-refractivity contribution is 0.0317. The molecule has 5 heteroatoms. The van der Waals surface area contributed by atoms with E-state index in [1.54, 1.807) is 6.92 Å². The van der Waals surface area contributed by atoms with Gasteiger partial charge in [-0.25, -0.2) is 8.78 Å². The first-order chi connectivity index (χ1) is 8.91. The Balaban J connectivity index is 2.46. The van der Waals surface area contributed by atoms with Crippen LogP contribution in [0.5, 0.6) is 0 Å². The number of halogens is 2. The average molecular weight is 273 g/mol. The van der Waals surface area contributed by atoms with Gasteiger partial charge in [-0.15, -0.1) is 0 Å². The minimum Gasteiger partial charge on any atom is -0.389 e. The molecule has 0 heterocycles. The van der Waals surface area contributed by atoms with Crippen LogP contribution in [-0.2, 0) is 4.74 Å². The Labute approximate surface area is 112 Å². The van der Waals surface area contributed by atoms with Crippen molar-refractivity contribution < 1.29 is 18.6 Å². The van der Waals surface area contributed by atoms with Gasteiger partial charge in [-0.3, -0.25) is 0 Å². The second-order valence-electron chi connectivity index (χ2n) is 5.02. The number of ether oxygens (including phenoxy) is 1. The van der Waals surface area contributed by atoms with E-state index >= 15 is 0 Å². The highest BCUT2D eigenvalue weighted by Crippen LogP contribution is 2.21. The summed E-state index contributed by atoms with van der Waals surface area (Å²) in [5.41, 5.74) is 0.150. The third kappa shape index (κ3) is 5.12. The van der Waals surface area contributed by atoms with E-state index in [4.69, 9.17) is 4.74 Å². The van der Waals surface area contributed by atoms with Crippen molar-refractivity contribution in [1.82, 2.24) is 0 Å². The number of hydrogen-bond donors (Lipinski definition) is 2. The van der Waals surface area contributed by atoms with Gasteiger partial charge >= 0.3 is 0 Å².